The lowest BCUT2D eigenvalue weighted by Crippen LogP contribution is -1.97. The van der Waals surface area contributed by atoms with Crippen LogP contribution in [0.3, 0.4) is 0 Å². The lowest BCUT2D eigenvalue weighted by atomic mass is 10.6. The Morgan fingerprint density at radius 1 is 1.69 bits per heavy atom. The Kier molecular flexibility index (Phi) is 1.59. The molecular weight excluding hydrogens is 192 g/mol. The Hall–Kier alpha value is -1.76. The van der Waals surface area contributed by atoms with Crippen molar-refractivity contribution in [2.24, 2.45) is 0 Å². The van der Waals surface area contributed by atoms with Crippen molar-refractivity contribution >= 4 is 23.7 Å². The van der Waals surface area contributed by atoms with Crippen molar-refractivity contribution in [1.29, 1.82) is 0 Å². The molecule has 0 saturated heterocycles. The van der Waals surface area contributed by atoms with Crippen LogP contribution in [-0.4, -0.2) is 19.5 Å². The number of aromatic nitrogens is 3. The van der Waals surface area contributed by atoms with Crippen LogP contribution in [0.2, 0.25) is 0 Å². The molecule has 2 aromatic rings. The predicted octanol–water partition coefficient (Wildman–Crippen LogP) is 1.30. The van der Waals surface area contributed by atoms with E-state index in [1.54, 1.807) is 6.07 Å². The van der Waals surface area contributed by atoms with E-state index in [0.29, 0.717) is 10.2 Å². The molecule has 0 aromatic carbocycles. The van der Waals surface area contributed by atoms with Gasteiger partial charge in [0, 0.05) is 6.20 Å². The highest BCUT2D eigenvalue weighted by Gasteiger charge is 2.14. The van der Waals surface area contributed by atoms with Crippen molar-refractivity contribution in [1.82, 2.24) is 14.6 Å². The van der Waals surface area contributed by atoms with Crippen LogP contribution in [-0.2, 0) is 0 Å². The van der Waals surface area contributed by atoms with Gasteiger partial charge in [0.05, 0.1) is 0 Å². The molecule has 0 atom stereocenters. The molecule has 2 heterocycles. The summed E-state index contributed by atoms with van der Waals surface area (Å²) in [5, 5.41) is 13.1. The van der Waals surface area contributed by atoms with E-state index < -0.39 is 4.92 Å². The lowest BCUT2D eigenvalue weighted by molar-refractivity contribution is -0.391. The van der Waals surface area contributed by atoms with Gasteiger partial charge in [0.1, 0.15) is 10.7 Å². The van der Waals surface area contributed by atoms with Crippen LogP contribution in [0, 0.1) is 14.6 Å². The second-order valence-electron chi connectivity index (χ2n) is 2.36. The first kappa shape index (κ1) is 7.87. The van der Waals surface area contributed by atoms with E-state index in [1.807, 2.05) is 0 Å². The van der Waals surface area contributed by atoms with Gasteiger partial charge in [0.15, 0.2) is 0 Å². The van der Waals surface area contributed by atoms with Gasteiger partial charge in [-0.05, 0) is 11.0 Å². The van der Waals surface area contributed by atoms with E-state index in [0.717, 1.165) is 0 Å². The van der Waals surface area contributed by atoms with E-state index in [9.17, 15) is 10.1 Å². The summed E-state index contributed by atoms with van der Waals surface area (Å²) in [6.45, 7) is 0. The normalized spacial score (nSPS) is 10.5. The molecule has 1 N–H and O–H groups in total. The van der Waals surface area contributed by atoms with Crippen LogP contribution in [0.1, 0.15) is 0 Å². The van der Waals surface area contributed by atoms with Crippen LogP contribution in [0.15, 0.2) is 18.5 Å². The zero-order valence-electron chi connectivity index (χ0n) is 6.30. The number of hydrogen-bond donors (Lipinski definition) is 1. The monoisotopic (exact) mass is 196 g/mol. The molecule has 2 rings (SSSR count). The molecule has 0 unspecified atom stereocenters. The lowest BCUT2D eigenvalue weighted by Gasteiger charge is -1.91. The maximum Gasteiger partial charge on any atom is 0.366 e. The molecular formula is C6H4N4O2S. The first-order chi connectivity index (χ1) is 6.20. The summed E-state index contributed by atoms with van der Waals surface area (Å²) in [5.74, 6) is -0.123. The third-order valence-electron chi connectivity index (χ3n) is 1.59. The smallest absolute Gasteiger partial charge is 0.358 e. The van der Waals surface area contributed by atoms with E-state index in [2.05, 4.69) is 10.1 Å². The van der Waals surface area contributed by atoms with Crippen LogP contribution in [0.4, 0.5) is 5.82 Å². The molecule has 0 fully saturated rings. The highest BCUT2D eigenvalue weighted by molar-refractivity contribution is 7.71. The molecule has 0 aliphatic rings. The quantitative estimate of drug-likeness (QED) is 0.423. The van der Waals surface area contributed by atoms with Gasteiger partial charge in [-0.15, -0.1) is 0 Å². The maximum absolute atomic E-state index is 10.5. The molecule has 0 amide bonds. The topological polar surface area (TPSA) is 76.2 Å². The van der Waals surface area contributed by atoms with Crippen molar-refractivity contribution in [2.45, 2.75) is 0 Å². The van der Waals surface area contributed by atoms with E-state index >= 15 is 0 Å². The minimum atomic E-state index is -0.523. The zero-order chi connectivity index (χ0) is 9.42. The Labute approximate surface area is 77.0 Å². The number of nitrogens with zero attached hydrogens (tertiary/aromatic N) is 3. The Balaban J connectivity index is 2.91. The third-order valence-corrected chi connectivity index (χ3v) is 1.91. The van der Waals surface area contributed by atoms with E-state index in [1.165, 1.54) is 16.9 Å². The van der Waals surface area contributed by atoms with Crippen molar-refractivity contribution in [3.8, 4) is 0 Å². The fourth-order valence-electron chi connectivity index (χ4n) is 1.03. The van der Waals surface area contributed by atoms with E-state index in [4.69, 9.17) is 12.2 Å². The zero-order valence-corrected chi connectivity index (χ0v) is 7.11. The number of nitro groups is 1. The summed E-state index contributed by atoms with van der Waals surface area (Å²) in [7, 11) is 0. The largest absolute Gasteiger partial charge is 0.366 e. The first-order valence-corrected chi connectivity index (χ1v) is 3.80. The summed E-state index contributed by atoms with van der Waals surface area (Å²) in [5.41, 5.74) is 0.393. The molecule has 0 saturated carbocycles. The first-order valence-electron chi connectivity index (χ1n) is 3.39. The number of aromatic amines is 1. The van der Waals surface area contributed by atoms with Crippen molar-refractivity contribution in [3.63, 3.8) is 0 Å². The maximum atomic E-state index is 10.5. The van der Waals surface area contributed by atoms with Crippen LogP contribution >= 0.6 is 12.2 Å². The van der Waals surface area contributed by atoms with E-state index in [-0.39, 0.29) is 5.82 Å². The van der Waals surface area contributed by atoms with Gasteiger partial charge < -0.3 is 10.1 Å². The third kappa shape index (κ3) is 1.09. The van der Waals surface area contributed by atoms with Crippen molar-refractivity contribution < 1.29 is 4.92 Å². The molecule has 7 heteroatoms. The minimum absolute atomic E-state index is 0.123. The summed E-state index contributed by atoms with van der Waals surface area (Å²) in [6.07, 6.45) is 2.70. The predicted molar refractivity (Wildman–Crippen MR) is 47.0 cm³/mol. The fraction of sp³-hybridized carbons (Fsp3) is 0. The van der Waals surface area contributed by atoms with Crippen LogP contribution in [0.25, 0.3) is 5.65 Å². The molecule has 66 valence electrons. The molecule has 6 nitrogen and oxygen atoms in total. The van der Waals surface area contributed by atoms with Gasteiger partial charge >= 0.3 is 5.82 Å². The number of nitrogens with one attached hydrogen (secondary N) is 1. The number of rotatable bonds is 1. The number of imidazole rings is 1. The number of hydrogen-bond acceptors (Lipinski definition) is 4. The summed E-state index contributed by atoms with van der Waals surface area (Å²) < 4.78 is 1.72. The van der Waals surface area contributed by atoms with Gasteiger partial charge in [0.2, 0.25) is 0 Å². The van der Waals surface area contributed by atoms with Gasteiger partial charge in [-0.3, -0.25) is 0 Å². The average Bonchev–Trinajstić information content (AvgIpc) is 2.48. The fourth-order valence-corrected chi connectivity index (χ4v) is 1.25. The van der Waals surface area contributed by atoms with Crippen LogP contribution < -0.4 is 0 Å². The SMILES string of the molecule is O=[N+]([O-])c1cnc2c(=S)cc[nH]n12. The molecule has 0 spiro atoms. The standard InChI is InChI=1S/C6H4N4O2S/c11-10(12)5-3-7-6-4(13)1-2-8-9(5)6/h1-3,8H. The van der Waals surface area contributed by atoms with Gasteiger partial charge in [0.25, 0.3) is 5.65 Å². The molecule has 13 heavy (non-hydrogen) atoms. The van der Waals surface area contributed by atoms with Crippen molar-refractivity contribution in [3.05, 3.63) is 33.1 Å². The second-order valence-corrected chi connectivity index (χ2v) is 2.80. The summed E-state index contributed by atoms with van der Waals surface area (Å²) >= 11 is 4.93. The molecule has 0 bridgehead atoms. The highest BCUT2D eigenvalue weighted by Crippen LogP contribution is 2.12. The van der Waals surface area contributed by atoms with Crippen molar-refractivity contribution in [2.75, 3.05) is 0 Å². The number of fused-ring (bicyclic) bond motifs is 1. The number of H-pyrrole nitrogens is 1. The summed E-state index contributed by atoms with van der Waals surface area (Å²) in [4.78, 5) is 13.8. The molecule has 0 aliphatic carbocycles. The van der Waals surface area contributed by atoms with Gasteiger partial charge in [-0.25, -0.2) is 10.1 Å². The summed E-state index contributed by atoms with van der Waals surface area (Å²) in [6, 6.07) is 1.63. The Morgan fingerprint density at radius 3 is 3.15 bits per heavy atom. The van der Waals surface area contributed by atoms with Gasteiger partial charge in [-0.2, -0.15) is 0 Å². The molecule has 0 radical (unpaired) electrons. The second kappa shape index (κ2) is 2.63. The van der Waals surface area contributed by atoms with Crippen LogP contribution in [0.5, 0.6) is 0 Å². The average molecular weight is 196 g/mol. The highest BCUT2D eigenvalue weighted by atomic mass is 32.1. The van der Waals surface area contributed by atoms with Gasteiger partial charge in [-0.1, -0.05) is 16.7 Å². The Bertz CT molecular complexity index is 529. The Morgan fingerprint density at radius 2 is 2.46 bits per heavy atom. The molecule has 2 aromatic heterocycles. The molecule has 0 aliphatic heterocycles. The minimum Gasteiger partial charge on any atom is -0.358 e.